The predicted octanol–water partition coefficient (Wildman–Crippen LogP) is 1.14. The van der Waals surface area contributed by atoms with Crippen LogP contribution in [0.15, 0.2) is 12.3 Å². The monoisotopic (exact) mass is 222 g/mol. The number of pyridine rings is 1. The SMILES string of the molecule is N#Cc1ccnc(N2CCC(N)C2)c1Cl. The van der Waals surface area contributed by atoms with Crippen molar-refractivity contribution < 1.29 is 0 Å². The van der Waals surface area contributed by atoms with Crippen molar-refractivity contribution in [2.75, 3.05) is 18.0 Å². The van der Waals surface area contributed by atoms with E-state index in [2.05, 4.69) is 4.98 Å². The highest BCUT2D eigenvalue weighted by Gasteiger charge is 2.22. The Hall–Kier alpha value is -1.31. The van der Waals surface area contributed by atoms with E-state index in [1.165, 1.54) is 0 Å². The summed E-state index contributed by atoms with van der Waals surface area (Å²) < 4.78 is 0. The van der Waals surface area contributed by atoms with E-state index in [0.29, 0.717) is 16.4 Å². The van der Waals surface area contributed by atoms with Gasteiger partial charge in [0.15, 0.2) is 0 Å². The highest BCUT2D eigenvalue weighted by Crippen LogP contribution is 2.28. The average Bonchev–Trinajstić information content (AvgIpc) is 2.65. The quantitative estimate of drug-likeness (QED) is 0.774. The van der Waals surface area contributed by atoms with Crippen molar-refractivity contribution >= 4 is 17.4 Å². The van der Waals surface area contributed by atoms with Gasteiger partial charge in [-0.3, -0.25) is 0 Å². The maximum Gasteiger partial charge on any atom is 0.148 e. The Morgan fingerprint density at radius 2 is 2.47 bits per heavy atom. The Bertz CT molecular complexity index is 412. The summed E-state index contributed by atoms with van der Waals surface area (Å²) in [5.74, 6) is 0.670. The molecule has 4 nitrogen and oxygen atoms in total. The summed E-state index contributed by atoms with van der Waals surface area (Å²) in [7, 11) is 0. The molecule has 1 aromatic rings. The van der Waals surface area contributed by atoms with Crippen molar-refractivity contribution in [1.82, 2.24) is 4.98 Å². The molecule has 1 aliphatic heterocycles. The molecule has 2 N–H and O–H groups in total. The molecule has 1 fully saturated rings. The molecule has 0 aromatic carbocycles. The molecular weight excluding hydrogens is 212 g/mol. The third-order valence-corrected chi connectivity index (χ3v) is 2.89. The van der Waals surface area contributed by atoms with Crippen molar-refractivity contribution in [2.45, 2.75) is 12.5 Å². The molecule has 0 bridgehead atoms. The molecule has 2 rings (SSSR count). The fourth-order valence-electron chi connectivity index (χ4n) is 1.72. The standard InChI is InChI=1S/C10H11ClN4/c11-9-7(5-12)1-3-14-10(9)15-4-2-8(13)6-15/h1,3,8H,2,4,6,13H2. The second-order valence-electron chi connectivity index (χ2n) is 3.60. The first kappa shape index (κ1) is 10.2. The third-order valence-electron chi connectivity index (χ3n) is 2.52. The van der Waals surface area contributed by atoms with E-state index in [1.807, 2.05) is 11.0 Å². The van der Waals surface area contributed by atoms with E-state index < -0.39 is 0 Å². The van der Waals surface area contributed by atoms with Crippen molar-refractivity contribution in [3.63, 3.8) is 0 Å². The van der Waals surface area contributed by atoms with Crippen LogP contribution < -0.4 is 10.6 Å². The van der Waals surface area contributed by atoms with Crippen LogP contribution >= 0.6 is 11.6 Å². The van der Waals surface area contributed by atoms with Crippen molar-refractivity contribution in [3.05, 3.63) is 22.8 Å². The van der Waals surface area contributed by atoms with Gasteiger partial charge in [-0.05, 0) is 12.5 Å². The van der Waals surface area contributed by atoms with Gasteiger partial charge >= 0.3 is 0 Å². The minimum Gasteiger partial charge on any atom is -0.354 e. The van der Waals surface area contributed by atoms with Crippen molar-refractivity contribution in [2.24, 2.45) is 5.73 Å². The Morgan fingerprint density at radius 3 is 3.07 bits per heavy atom. The number of hydrogen-bond donors (Lipinski definition) is 1. The van der Waals surface area contributed by atoms with Gasteiger partial charge < -0.3 is 10.6 Å². The number of nitriles is 1. The zero-order valence-electron chi connectivity index (χ0n) is 8.15. The molecule has 2 heterocycles. The molecular formula is C10H11ClN4. The van der Waals surface area contributed by atoms with Gasteiger partial charge in [0, 0.05) is 25.3 Å². The van der Waals surface area contributed by atoms with Gasteiger partial charge in [-0.1, -0.05) is 11.6 Å². The van der Waals surface area contributed by atoms with E-state index in [0.717, 1.165) is 19.5 Å². The third kappa shape index (κ3) is 1.89. The van der Waals surface area contributed by atoms with Gasteiger partial charge in [0.1, 0.15) is 16.9 Å². The topological polar surface area (TPSA) is 65.9 Å². The summed E-state index contributed by atoms with van der Waals surface area (Å²) in [4.78, 5) is 6.21. The lowest BCUT2D eigenvalue weighted by molar-refractivity contribution is 0.751. The summed E-state index contributed by atoms with van der Waals surface area (Å²) in [6, 6.07) is 3.83. The summed E-state index contributed by atoms with van der Waals surface area (Å²) in [5.41, 5.74) is 6.27. The number of rotatable bonds is 1. The van der Waals surface area contributed by atoms with Crippen LogP contribution in [0.2, 0.25) is 5.02 Å². The van der Waals surface area contributed by atoms with Crippen molar-refractivity contribution in [1.29, 1.82) is 5.26 Å². The molecule has 0 spiro atoms. The van der Waals surface area contributed by atoms with Crippen LogP contribution in [-0.4, -0.2) is 24.1 Å². The van der Waals surface area contributed by atoms with E-state index in [1.54, 1.807) is 12.3 Å². The second kappa shape index (κ2) is 4.05. The lowest BCUT2D eigenvalue weighted by atomic mass is 10.3. The Kier molecular flexibility index (Phi) is 2.76. The lowest BCUT2D eigenvalue weighted by Gasteiger charge is -2.18. The van der Waals surface area contributed by atoms with Crippen LogP contribution in [0.1, 0.15) is 12.0 Å². The molecule has 0 saturated carbocycles. The molecule has 1 aromatic heterocycles. The van der Waals surface area contributed by atoms with Gasteiger partial charge in [-0.2, -0.15) is 5.26 Å². The molecule has 15 heavy (non-hydrogen) atoms. The highest BCUT2D eigenvalue weighted by molar-refractivity contribution is 6.34. The first-order chi connectivity index (χ1) is 7.22. The fourth-order valence-corrected chi connectivity index (χ4v) is 1.99. The highest BCUT2D eigenvalue weighted by atomic mass is 35.5. The number of anilines is 1. The minimum absolute atomic E-state index is 0.175. The molecule has 78 valence electrons. The van der Waals surface area contributed by atoms with Crippen LogP contribution in [0.3, 0.4) is 0 Å². The maximum atomic E-state index is 8.83. The zero-order chi connectivity index (χ0) is 10.8. The molecule has 1 unspecified atom stereocenters. The molecule has 1 aliphatic rings. The number of nitrogens with zero attached hydrogens (tertiary/aromatic N) is 3. The van der Waals surface area contributed by atoms with Gasteiger partial charge in [0.05, 0.1) is 5.56 Å². The Morgan fingerprint density at radius 1 is 1.67 bits per heavy atom. The fraction of sp³-hybridized carbons (Fsp3) is 0.400. The van der Waals surface area contributed by atoms with Crippen molar-refractivity contribution in [3.8, 4) is 6.07 Å². The Balaban J connectivity index is 2.33. The van der Waals surface area contributed by atoms with E-state index in [4.69, 9.17) is 22.6 Å². The first-order valence-electron chi connectivity index (χ1n) is 4.77. The number of aromatic nitrogens is 1. The molecule has 1 atom stereocenters. The normalized spacial score (nSPS) is 20.3. The smallest absolute Gasteiger partial charge is 0.148 e. The molecule has 0 radical (unpaired) electrons. The predicted molar refractivity (Wildman–Crippen MR) is 58.8 cm³/mol. The van der Waals surface area contributed by atoms with E-state index in [9.17, 15) is 0 Å². The van der Waals surface area contributed by atoms with E-state index >= 15 is 0 Å². The number of hydrogen-bond acceptors (Lipinski definition) is 4. The first-order valence-corrected chi connectivity index (χ1v) is 5.15. The summed E-state index contributed by atoms with van der Waals surface area (Å²) in [6.07, 6.45) is 2.54. The van der Waals surface area contributed by atoms with Crippen LogP contribution in [0.25, 0.3) is 0 Å². The summed E-state index contributed by atoms with van der Waals surface area (Å²) >= 11 is 6.07. The molecule has 5 heteroatoms. The van der Waals surface area contributed by atoms with Gasteiger partial charge in [-0.15, -0.1) is 0 Å². The number of nitrogens with two attached hydrogens (primary N) is 1. The molecule has 0 amide bonds. The van der Waals surface area contributed by atoms with Gasteiger partial charge in [-0.25, -0.2) is 4.98 Å². The van der Waals surface area contributed by atoms with Gasteiger partial charge in [0.2, 0.25) is 0 Å². The summed E-state index contributed by atoms with van der Waals surface area (Å²) in [6.45, 7) is 1.60. The second-order valence-corrected chi connectivity index (χ2v) is 3.98. The summed E-state index contributed by atoms with van der Waals surface area (Å²) in [5, 5.41) is 9.26. The van der Waals surface area contributed by atoms with E-state index in [-0.39, 0.29) is 6.04 Å². The minimum atomic E-state index is 0.175. The molecule has 1 saturated heterocycles. The van der Waals surface area contributed by atoms with Crippen LogP contribution in [0, 0.1) is 11.3 Å². The molecule has 0 aliphatic carbocycles. The van der Waals surface area contributed by atoms with Crippen LogP contribution in [0.4, 0.5) is 5.82 Å². The zero-order valence-corrected chi connectivity index (χ0v) is 8.91. The van der Waals surface area contributed by atoms with Crippen LogP contribution in [0.5, 0.6) is 0 Å². The lowest BCUT2D eigenvalue weighted by Crippen LogP contribution is -2.27. The maximum absolute atomic E-state index is 8.83. The Labute approximate surface area is 93.3 Å². The number of halogens is 1. The average molecular weight is 223 g/mol. The largest absolute Gasteiger partial charge is 0.354 e. The van der Waals surface area contributed by atoms with Crippen LogP contribution in [-0.2, 0) is 0 Å². The van der Waals surface area contributed by atoms with Gasteiger partial charge in [0.25, 0.3) is 0 Å².